The number of carbonyl (C=O) groups is 2. The molecule has 1 N–H and O–H groups in total. The molecule has 2 fully saturated rings. The van der Waals surface area contributed by atoms with E-state index in [2.05, 4.69) is 10.2 Å². The number of rotatable bonds is 5. The van der Waals surface area contributed by atoms with E-state index in [1.807, 2.05) is 0 Å². The summed E-state index contributed by atoms with van der Waals surface area (Å²) in [6.07, 6.45) is 0.122. The van der Waals surface area contributed by atoms with Crippen LogP contribution in [0.5, 0.6) is 0 Å². The first-order chi connectivity index (χ1) is 12.0. The van der Waals surface area contributed by atoms with Crippen molar-refractivity contribution in [2.24, 2.45) is 5.92 Å². The summed E-state index contributed by atoms with van der Waals surface area (Å²) in [4.78, 5) is 28.1. The highest BCUT2D eigenvalue weighted by Gasteiger charge is 2.36. The number of carbonyl (C=O) groups excluding carboxylic acids is 2. The molecule has 2 heterocycles. The maximum absolute atomic E-state index is 14.1. The molecule has 0 aromatic heterocycles. The molecule has 1 aromatic rings. The van der Waals surface area contributed by atoms with E-state index in [1.165, 1.54) is 11.0 Å². The Labute approximate surface area is 146 Å². The van der Waals surface area contributed by atoms with Gasteiger partial charge in [0, 0.05) is 39.1 Å². The topological polar surface area (TPSA) is 61.9 Å². The summed E-state index contributed by atoms with van der Waals surface area (Å²) in [5.74, 6) is -1.22. The second-order valence-electron chi connectivity index (χ2n) is 6.61. The van der Waals surface area contributed by atoms with Crippen molar-refractivity contribution in [1.82, 2.24) is 10.2 Å². The van der Waals surface area contributed by atoms with Crippen molar-refractivity contribution in [3.05, 3.63) is 29.6 Å². The Hall–Kier alpha value is -1.99. The summed E-state index contributed by atoms with van der Waals surface area (Å²) < 4.78 is 19.4. The molecule has 1 aromatic carbocycles. The standard InChI is InChI=1S/C18H24FN3O3/c1-13-2-3-16(15(19)10-13)22-12-14(11-17(22)23)18(24)20-4-5-21-6-8-25-9-7-21/h2-3,10,14H,4-9,11-12H2,1H3,(H,20,24)/t14-/m0/s1. The highest BCUT2D eigenvalue weighted by Crippen LogP contribution is 2.28. The summed E-state index contributed by atoms with van der Waals surface area (Å²) >= 11 is 0. The smallest absolute Gasteiger partial charge is 0.227 e. The Bertz CT molecular complexity index is 646. The van der Waals surface area contributed by atoms with Crippen LogP contribution in [0.4, 0.5) is 10.1 Å². The Morgan fingerprint density at radius 3 is 2.84 bits per heavy atom. The third-order valence-corrected chi connectivity index (χ3v) is 4.72. The average Bonchev–Trinajstić information content (AvgIpc) is 2.97. The number of hydrogen-bond donors (Lipinski definition) is 1. The number of aryl methyl sites for hydroxylation is 1. The van der Waals surface area contributed by atoms with E-state index in [1.54, 1.807) is 19.1 Å². The van der Waals surface area contributed by atoms with Crippen LogP contribution in [0.25, 0.3) is 0 Å². The zero-order chi connectivity index (χ0) is 17.8. The first-order valence-electron chi connectivity index (χ1n) is 8.69. The van der Waals surface area contributed by atoms with E-state index in [0.717, 1.165) is 38.4 Å². The van der Waals surface area contributed by atoms with Gasteiger partial charge in [0.15, 0.2) is 0 Å². The fraction of sp³-hybridized carbons (Fsp3) is 0.556. The summed E-state index contributed by atoms with van der Waals surface area (Å²) in [6, 6.07) is 4.76. The lowest BCUT2D eigenvalue weighted by molar-refractivity contribution is -0.126. The minimum Gasteiger partial charge on any atom is -0.379 e. The van der Waals surface area contributed by atoms with Crippen LogP contribution in [0, 0.1) is 18.7 Å². The third kappa shape index (κ3) is 4.35. The molecule has 25 heavy (non-hydrogen) atoms. The monoisotopic (exact) mass is 349 g/mol. The predicted octanol–water partition coefficient (Wildman–Crippen LogP) is 0.935. The first-order valence-corrected chi connectivity index (χ1v) is 8.69. The van der Waals surface area contributed by atoms with Crippen molar-refractivity contribution >= 4 is 17.5 Å². The molecule has 2 saturated heterocycles. The molecule has 0 spiro atoms. The minimum atomic E-state index is -0.433. The van der Waals surface area contributed by atoms with Gasteiger partial charge in [-0.05, 0) is 24.6 Å². The number of benzene rings is 1. The maximum Gasteiger partial charge on any atom is 0.227 e. The molecule has 6 nitrogen and oxygen atoms in total. The number of nitrogens with one attached hydrogen (secondary N) is 1. The Balaban J connectivity index is 1.51. The predicted molar refractivity (Wildman–Crippen MR) is 91.9 cm³/mol. The van der Waals surface area contributed by atoms with E-state index in [4.69, 9.17) is 4.74 Å². The molecule has 0 saturated carbocycles. The lowest BCUT2D eigenvalue weighted by Gasteiger charge is -2.26. The summed E-state index contributed by atoms with van der Waals surface area (Å²) in [5.41, 5.74) is 1.05. The summed E-state index contributed by atoms with van der Waals surface area (Å²) in [6.45, 7) is 6.53. The van der Waals surface area contributed by atoms with Crippen LogP contribution in [0.15, 0.2) is 18.2 Å². The number of nitrogens with zero attached hydrogens (tertiary/aromatic N) is 2. The van der Waals surface area contributed by atoms with Gasteiger partial charge in [0.2, 0.25) is 11.8 Å². The quantitative estimate of drug-likeness (QED) is 0.859. The molecule has 1 atom stereocenters. The Morgan fingerprint density at radius 1 is 1.36 bits per heavy atom. The fourth-order valence-electron chi connectivity index (χ4n) is 3.25. The van der Waals surface area contributed by atoms with Gasteiger partial charge in [-0.3, -0.25) is 14.5 Å². The van der Waals surface area contributed by atoms with Gasteiger partial charge >= 0.3 is 0 Å². The van der Waals surface area contributed by atoms with Crippen molar-refractivity contribution in [1.29, 1.82) is 0 Å². The number of halogens is 1. The largest absolute Gasteiger partial charge is 0.379 e. The van der Waals surface area contributed by atoms with Crippen LogP contribution in [0.1, 0.15) is 12.0 Å². The summed E-state index contributed by atoms with van der Waals surface area (Å²) in [7, 11) is 0. The van der Waals surface area contributed by atoms with E-state index >= 15 is 0 Å². The highest BCUT2D eigenvalue weighted by molar-refractivity contribution is 6.00. The van der Waals surface area contributed by atoms with Crippen molar-refractivity contribution in [3.63, 3.8) is 0 Å². The molecule has 136 valence electrons. The zero-order valence-electron chi connectivity index (χ0n) is 14.5. The molecular weight excluding hydrogens is 325 g/mol. The molecule has 0 unspecified atom stereocenters. The van der Waals surface area contributed by atoms with Gasteiger partial charge in [-0.25, -0.2) is 4.39 Å². The average molecular weight is 349 g/mol. The molecule has 0 radical (unpaired) electrons. The number of ether oxygens (including phenoxy) is 1. The van der Waals surface area contributed by atoms with Gasteiger partial charge in [0.25, 0.3) is 0 Å². The van der Waals surface area contributed by atoms with Crippen LogP contribution in [0.3, 0.4) is 0 Å². The normalized spacial score (nSPS) is 21.6. The Morgan fingerprint density at radius 2 is 2.12 bits per heavy atom. The zero-order valence-corrected chi connectivity index (χ0v) is 14.5. The van der Waals surface area contributed by atoms with Crippen LogP contribution in [-0.2, 0) is 14.3 Å². The van der Waals surface area contributed by atoms with Crippen LogP contribution < -0.4 is 10.2 Å². The lowest BCUT2D eigenvalue weighted by atomic mass is 10.1. The van der Waals surface area contributed by atoms with E-state index in [-0.39, 0.29) is 30.5 Å². The third-order valence-electron chi connectivity index (χ3n) is 4.72. The highest BCUT2D eigenvalue weighted by atomic mass is 19.1. The van der Waals surface area contributed by atoms with Gasteiger partial charge in [-0.15, -0.1) is 0 Å². The SMILES string of the molecule is Cc1ccc(N2C[C@@H](C(=O)NCCN3CCOCC3)CC2=O)c(F)c1. The second-order valence-corrected chi connectivity index (χ2v) is 6.61. The number of hydrogen-bond acceptors (Lipinski definition) is 4. The fourth-order valence-corrected chi connectivity index (χ4v) is 3.25. The molecule has 7 heteroatoms. The second kappa shape index (κ2) is 7.93. The van der Waals surface area contributed by atoms with E-state index in [0.29, 0.717) is 6.54 Å². The molecule has 0 bridgehead atoms. The number of amides is 2. The molecule has 2 aliphatic rings. The van der Waals surface area contributed by atoms with E-state index in [9.17, 15) is 14.0 Å². The molecule has 2 amide bonds. The van der Waals surface area contributed by atoms with E-state index < -0.39 is 11.7 Å². The number of anilines is 1. The maximum atomic E-state index is 14.1. The minimum absolute atomic E-state index is 0.122. The lowest BCUT2D eigenvalue weighted by Crippen LogP contribution is -2.42. The van der Waals surface area contributed by atoms with Crippen LogP contribution in [-0.4, -0.2) is 62.7 Å². The van der Waals surface area contributed by atoms with Crippen molar-refractivity contribution in [2.45, 2.75) is 13.3 Å². The van der Waals surface area contributed by atoms with Gasteiger partial charge < -0.3 is 15.0 Å². The van der Waals surface area contributed by atoms with Crippen LogP contribution in [0.2, 0.25) is 0 Å². The molecule has 2 aliphatic heterocycles. The van der Waals surface area contributed by atoms with Gasteiger partial charge in [0.05, 0.1) is 24.8 Å². The molecule has 0 aliphatic carbocycles. The molecular formula is C18H24FN3O3. The summed E-state index contributed by atoms with van der Waals surface area (Å²) in [5, 5.41) is 2.89. The van der Waals surface area contributed by atoms with Crippen molar-refractivity contribution < 1.29 is 18.7 Å². The Kier molecular flexibility index (Phi) is 5.65. The van der Waals surface area contributed by atoms with Gasteiger partial charge in [-0.1, -0.05) is 6.07 Å². The van der Waals surface area contributed by atoms with Gasteiger partial charge in [0.1, 0.15) is 5.82 Å². The van der Waals surface area contributed by atoms with Crippen LogP contribution >= 0.6 is 0 Å². The molecule has 3 rings (SSSR count). The van der Waals surface area contributed by atoms with Gasteiger partial charge in [-0.2, -0.15) is 0 Å². The number of morpholine rings is 1. The first kappa shape index (κ1) is 17.8. The van der Waals surface area contributed by atoms with Crippen molar-refractivity contribution in [2.75, 3.05) is 50.8 Å². The van der Waals surface area contributed by atoms with Crippen molar-refractivity contribution in [3.8, 4) is 0 Å².